The predicted molar refractivity (Wildman–Crippen MR) is 79.5 cm³/mol. The molecule has 0 saturated heterocycles. The highest BCUT2D eigenvalue weighted by Gasteiger charge is 2.28. The summed E-state index contributed by atoms with van der Waals surface area (Å²) >= 11 is 0. The second-order valence-corrected chi connectivity index (χ2v) is 8.12. The molecule has 0 saturated carbocycles. The third-order valence-corrected chi connectivity index (χ3v) is 5.17. The van der Waals surface area contributed by atoms with E-state index < -0.39 is 14.8 Å². The lowest BCUT2D eigenvalue weighted by Crippen LogP contribution is -2.38. The molecule has 20 heavy (non-hydrogen) atoms. The van der Waals surface area contributed by atoms with Crippen molar-refractivity contribution >= 4 is 10.0 Å². The van der Waals surface area contributed by atoms with E-state index in [1.165, 1.54) is 0 Å². The van der Waals surface area contributed by atoms with Gasteiger partial charge in [-0.3, -0.25) is 5.10 Å². The lowest BCUT2D eigenvalue weighted by Gasteiger charge is -2.19. The lowest BCUT2D eigenvalue weighted by molar-refractivity contribution is 0.544. The Hall–Kier alpha value is -1.66. The highest BCUT2D eigenvalue weighted by molar-refractivity contribution is 7.90. The molecule has 0 fully saturated rings. The van der Waals surface area contributed by atoms with E-state index in [0.29, 0.717) is 6.54 Å². The minimum atomic E-state index is -3.32. The van der Waals surface area contributed by atoms with Gasteiger partial charge in [-0.05, 0) is 38.0 Å². The van der Waals surface area contributed by atoms with E-state index in [-0.39, 0.29) is 0 Å². The van der Waals surface area contributed by atoms with Gasteiger partial charge in [-0.25, -0.2) is 13.1 Å². The summed E-state index contributed by atoms with van der Waals surface area (Å²) in [6, 6.07) is 9.57. The number of nitrogens with one attached hydrogen (secondary N) is 2. The maximum atomic E-state index is 12.0. The summed E-state index contributed by atoms with van der Waals surface area (Å²) in [6.07, 6.45) is 1.70. The van der Waals surface area contributed by atoms with E-state index in [2.05, 4.69) is 14.9 Å². The number of aromatic nitrogens is 2. The van der Waals surface area contributed by atoms with Crippen LogP contribution in [0, 0.1) is 0 Å². The molecule has 108 valence electrons. The molecule has 0 amide bonds. The van der Waals surface area contributed by atoms with Crippen molar-refractivity contribution < 1.29 is 8.42 Å². The summed E-state index contributed by atoms with van der Waals surface area (Å²) < 4.78 is 25.7. The van der Waals surface area contributed by atoms with Crippen molar-refractivity contribution in [2.75, 3.05) is 0 Å². The molecule has 0 atom stereocenters. The molecular weight excluding hydrogens is 274 g/mol. The van der Waals surface area contributed by atoms with Gasteiger partial charge in [-0.1, -0.05) is 24.3 Å². The fraction of sp³-hybridized carbons (Fsp3) is 0.357. The van der Waals surface area contributed by atoms with Gasteiger partial charge in [0.2, 0.25) is 10.0 Å². The largest absolute Gasteiger partial charge is 0.278 e. The summed E-state index contributed by atoms with van der Waals surface area (Å²) in [5.74, 6) is 0. The van der Waals surface area contributed by atoms with E-state index in [9.17, 15) is 8.42 Å². The van der Waals surface area contributed by atoms with E-state index in [4.69, 9.17) is 0 Å². The van der Waals surface area contributed by atoms with Gasteiger partial charge >= 0.3 is 0 Å². The molecule has 5 nitrogen and oxygen atoms in total. The van der Waals surface area contributed by atoms with Gasteiger partial charge in [0.05, 0.1) is 10.4 Å². The van der Waals surface area contributed by atoms with E-state index >= 15 is 0 Å². The Morgan fingerprint density at radius 2 is 1.80 bits per heavy atom. The van der Waals surface area contributed by atoms with Crippen LogP contribution in [0.4, 0.5) is 0 Å². The smallest absolute Gasteiger partial charge is 0.216 e. The first kappa shape index (κ1) is 14.7. The number of H-pyrrole nitrogens is 1. The zero-order valence-corrected chi connectivity index (χ0v) is 12.7. The van der Waals surface area contributed by atoms with Crippen molar-refractivity contribution in [2.24, 2.45) is 0 Å². The number of aromatic amines is 1. The van der Waals surface area contributed by atoms with E-state index in [1.807, 2.05) is 30.3 Å². The van der Waals surface area contributed by atoms with Gasteiger partial charge in [-0.15, -0.1) is 0 Å². The average molecular weight is 293 g/mol. The zero-order chi connectivity index (χ0) is 14.8. The summed E-state index contributed by atoms with van der Waals surface area (Å²) in [4.78, 5) is 0. The van der Waals surface area contributed by atoms with Crippen molar-refractivity contribution in [3.8, 4) is 11.3 Å². The molecule has 1 aromatic heterocycles. The third-order valence-electron chi connectivity index (χ3n) is 3.04. The second kappa shape index (κ2) is 5.38. The van der Waals surface area contributed by atoms with E-state index in [0.717, 1.165) is 16.8 Å². The number of benzene rings is 1. The fourth-order valence-electron chi connectivity index (χ4n) is 1.61. The Labute approximate surface area is 119 Å². The third kappa shape index (κ3) is 3.26. The van der Waals surface area contributed by atoms with Crippen molar-refractivity contribution in [1.29, 1.82) is 0 Å². The molecule has 1 heterocycles. The van der Waals surface area contributed by atoms with Crippen LogP contribution in [0.3, 0.4) is 0 Å². The number of rotatable bonds is 4. The summed E-state index contributed by atoms with van der Waals surface area (Å²) in [7, 11) is -3.32. The average Bonchev–Trinajstić information content (AvgIpc) is 2.89. The van der Waals surface area contributed by atoms with Crippen LogP contribution < -0.4 is 4.72 Å². The van der Waals surface area contributed by atoms with Crippen LogP contribution in [0.5, 0.6) is 0 Å². The molecule has 0 aliphatic carbocycles. The Bertz CT molecular complexity index is 653. The quantitative estimate of drug-likeness (QED) is 0.908. The molecule has 0 aliphatic rings. The van der Waals surface area contributed by atoms with Gasteiger partial charge < -0.3 is 0 Å². The van der Waals surface area contributed by atoms with Crippen LogP contribution >= 0.6 is 0 Å². The van der Waals surface area contributed by atoms with Crippen LogP contribution in [-0.2, 0) is 16.6 Å². The topological polar surface area (TPSA) is 74.8 Å². The molecule has 0 aliphatic heterocycles. The molecule has 6 heteroatoms. The molecule has 2 aromatic rings. The van der Waals surface area contributed by atoms with Crippen LogP contribution in [0.1, 0.15) is 26.3 Å². The van der Waals surface area contributed by atoms with Gasteiger partial charge in [0.1, 0.15) is 0 Å². The Morgan fingerprint density at radius 3 is 2.30 bits per heavy atom. The number of hydrogen-bond donors (Lipinski definition) is 2. The second-order valence-electron chi connectivity index (χ2n) is 5.60. The van der Waals surface area contributed by atoms with Gasteiger partial charge in [0.15, 0.2) is 0 Å². The van der Waals surface area contributed by atoms with E-state index in [1.54, 1.807) is 27.0 Å². The lowest BCUT2D eigenvalue weighted by atomic mass is 10.1. The van der Waals surface area contributed by atoms with Gasteiger partial charge in [0.25, 0.3) is 0 Å². The molecule has 2 N–H and O–H groups in total. The first-order chi connectivity index (χ1) is 9.29. The maximum Gasteiger partial charge on any atom is 0.216 e. The summed E-state index contributed by atoms with van der Waals surface area (Å²) in [6.45, 7) is 5.33. The van der Waals surface area contributed by atoms with Crippen LogP contribution in [0.25, 0.3) is 11.3 Å². The molecular formula is C14H19N3O2S. The molecule has 0 bridgehead atoms. The number of nitrogens with zero attached hydrogens (tertiary/aromatic N) is 1. The van der Waals surface area contributed by atoms with Crippen molar-refractivity contribution in [3.63, 3.8) is 0 Å². The van der Waals surface area contributed by atoms with Crippen molar-refractivity contribution in [1.82, 2.24) is 14.9 Å². The van der Waals surface area contributed by atoms with Crippen LogP contribution in [0.15, 0.2) is 36.5 Å². The van der Waals surface area contributed by atoms with Crippen LogP contribution in [-0.4, -0.2) is 23.4 Å². The first-order valence-corrected chi connectivity index (χ1v) is 7.86. The van der Waals surface area contributed by atoms with Gasteiger partial charge in [-0.2, -0.15) is 5.10 Å². The number of sulfonamides is 1. The normalized spacial score (nSPS) is 12.6. The number of hydrogen-bond acceptors (Lipinski definition) is 3. The monoisotopic (exact) mass is 293 g/mol. The summed E-state index contributed by atoms with van der Waals surface area (Å²) in [5.41, 5.74) is 2.87. The Balaban J connectivity index is 2.06. The zero-order valence-electron chi connectivity index (χ0n) is 11.8. The summed E-state index contributed by atoms with van der Waals surface area (Å²) in [5, 5.41) is 6.79. The molecule has 0 radical (unpaired) electrons. The highest BCUT2D eigenvalue weighted by Crippen LogP contribution is 2.17. The predicted octanol–water partition coefficient (Wildman–Crippen LogP) is 2.29. The molecule has 0 spiro atoms. The SMILES string of the molecule is CC(C)(C)S(=O)(=O)NCc1ccc(-c2ccn[nH]2)cc1. The highest BCUT2D eigenvalue weighted by atomic mass is 32.2. The first-order valence-electron chi connectivity index (χ1n) is 6.37. The maximum absolute atomic E-state index is 12.0. The molecule has 1 aromatic carbocycles. The van der Waals surface area contributed by atoms with Crippen molar-refractivity contribution in [3.05, 3.63) is 42.1 Å². The van der Waals surface area contributed by atoms with Crippen LogP contribution in [0.2, 0.25) is 0 Å². The fourth-order valence-corrected chi connectivity index (χ4v) is 2.40. The molecule has 0 unspecified atom stereocenters. The standard InChI is InChI=1S/C14H19N3O2S/c1-14(2,3)20(18,19)16-10-11-4-6-12(7-5-11)13-8-9-15-17-13/h4-9,16H,10H2,1-3H3,(H,15,17). The minimum Gasteiger partial charge on any atom is -0.278 e. The van der Waals surface area contributed by atoms with Gasteiger partial charge in [0, 0.05) is 12.7 Å². The molecule has 2 rings (SSSR count). The van der Waals surface area contributed by atoms with Crippen molar-refractivity contribution in [2.45, 2.75) is 32.1 Å². The minimum absolute atomic E-state index is 0.295. The Kier molecular flexibility index (Phi) is 3.96. The Morgan fingerprint density at radius 1 is 1.15 bits per heavy atom.